The largest absolute Gasteiger partial charge is 0.329 e. The van der Waals surface area contributed by atoms with E-state index in [-0.39, 0.29) is 5.54 Å². The van der Waals surface area contributed by atoms with Gasteiger partial charge in [-0.1, -0.05) is 33.1 Å². The van der Waals surface area contributed by atoms with E-state index in [1.165, 1.54) is 45.1 Å². The quantitative estimate of drug-likeness (QED) is 0.612. The van der Waals surface area contributed by atoms with Gasteiger partial charge in [0.15, 0.2) is 0 Å². The van der Waals surface area contributed by atoms with E-state index < -0.39 is 0 Å². The first-order chi connectivity index (χ1) is 7.66. The highest BCUT2D eigenvalue weighted by molar-refractivity contribution is 4.90. The molecule has 1 rings (SSSR count). The maximum atomic E-state index is 6.02. The normalized spacial score (nSPS) is 20.1. The maximum Gasteiger partial charge on any atom is 0.0303 e. The second-order valence-electron chi connectivity index (χ2n) is 5.64. The molecule has 1 saturated carbocycles. The van der Waals surface area contributed by atoms with Gasteiger partial charge in [0.2, 0.25) is 0 Å². The van der Waals surface area contributed by atoms with Gasteiger partial charge in [0, 0.05) is 18.6 Å². The van der Waals surface area contributed by atoms with Crippen molar-refractivity contribution in [2.24, 2.45) is 11.7 Å². The monoisotopic (exact) mass is 226 g/mol. The van der Waals surface area contributed by atoms with E-state index in [2.05, 4.69) is 25.7 Å². The van der Waals surface area contributed by atoms with Gasteiger partial charge in [-0.2, -0.15) is 0 Å². The predicted octanol–water partition coefficient (Wildman–Crippen LogP) is 3.02. The molecule has 96 valence electrons. The maximum absolute atomic E-state index is 6.02. The van der Waals surface area contributed by atoms with Crippen LogP contribution in [0.5, 0.6) is 0 Å². The molecule has 0 aromatic rings. The zero-order chi connectivity index (χ0) is 12.0. The van der Waals surface area contributed by atoms with Crippen molar-refractivity contribution in [3.05, 3.63) is 0 Å². The van der Waals surface area contributed by atoms with Crippen molar-refractivity contribution in [1.82, 2.24) is 4.90 Å². The highest BCUT2D eigenvalue weighted by Crippen LogP contribution is 2.33. The van der Waals surface area contributed by atoms with Crippen LogP contribution in [0.1, 0.15) is 59.3 Å². The van der Waals surface area contributed by atoms with Crippen molar-refractivity contribution < 1.29 is 0 Å². The Balaban J connectivity index is 2.44. The molecule has 1 aliphatic carbocycles. The van der Waals surface area contributed by atoms with E-state index in [4.69, 9.17) is 5.73 Å². The van der Waals surface area contributed by atoms with Crippen LogP contribution >= 0.6 is 0 Å². The molecule has 0 bridgehead atoms. The van der Waals surface area contributed by atoms with Crippen molar-refractivity contribution in [3.63, 3.8) is 0 Å². The van der Waals surface area contributed by atoms with Crippen LogP contribution in [-0.2, 0) is 0 Å². The average molecular weight is 226 g/mol. The van der Waals surface area contributed by atoms with E-state index in [0.717, 1.165) is 19.0 Å². The van der Waals surface area contributed by atoms with Gasteiger partial charge in [-0.25, -0.2) is 0 Å². The van der Waals surface area contributed by atoms with Crippen LogP contribution in [0.4, 0.5) is 0 Å². The first-order valence-corrected chi connectivity index (χ1v) is 7.11. The van der Waals surface area contributed by atoms with Gasteiger partial charge in [-0.05, 0) is 38.6 Å². The van der Waals surface area contributed by atoms with Crippen molar-refractivity contribution in [3.8, 4) is 0 Å². The summed E-state index contributed by atoms with van der Waals surface area (Å²) >= 11 is 0. The summed E-state index contributed by atoms with van der Waals surface area (Å²) in [6.07, 6.45) is 8.10. The Bertz CT molecular complexity index is 189. The van der Waals surface area contributed by atoms with Gasteiger partial charge in [0.1, 0.15) is 0 Å². The molecule has 2 N–H and O–H groups in total. The van der Waals surface area contributed by atoms with Crippen LogP contribution in [0.2, 0.25) is 0 Å². The molecule has 1 fully saturated rings. The van der Waals surface area contributed by atoms with Gasteiger partial charge >= 0.3 is 0 Å². The van der Waals surface area contributed by atoms with Gasteiger partial charge in [-0.3, -0.25) is 4.90 Å². The van der Waals surface area contributed by atoms with Crippen LogP contribution in [0, 0.1) is 5.92 Å². The molecule has 16 heavy (non-hydrogen) atoms. The summed E-state index contributed by atoms with van der Waals surface area (Å²) in [7, 11) is 0. The molecule has 2 heteroatoms. The Morgan fingerprint density at radius 3 is 2.38 bits per heavy atom. The fraction of sp³-hybridized carbons (Fsp3) is 1.00. The van der Waals surface area contributed by atoms with Crippen LogP contribution < -0.4 is 5.73 Å². The molecule has 1 atom stereocenters. The minimum absolute atomic E-state index is 0.243. The highest BCUT2D eigenvalue weighted by atomic mass is 15.2. The number of hydrogen-bond donors (Lipinski definition) is 1. The lowest BCUT2D eigenvalue weighted by Crippen LogP contribution is -2.52. The lowest BCUT2D eigenvalue weighted by atomic mass is 9.92. The van der Waals surface area contributed by atoms with Crippen molar-refractivity contribution in [2.45, 2.75) is 64.8 Å². The number of nitrogens with zero attached hydrogens (tertiary/aromatic N) is 1. The molecule has 0 amide bonds. The zero-order valence-corrected chi connectivity index (χ0v) is 11.5. The third-order valence-electron chi connectivity index (χ3n) is 4.08. The molecule has 1 aliphatic rings. The summed E-state index contributed by atoms with van der Waals surface area (Å²) in [5, 5.41) is 0. The first kappa shape index (κ1) is 14.0. The third kappa shape index (κ3) is 4.06. The topological polar surface area (TPSA) is 29.3 Å². The Kier molecular flexibility index (Phi) is 5.77. The minimum atomic E-state index is 0.243. The predicted molar refractivity (Wildman–Crippen MR) is 71.6 cm³/mol. The van der Waals surface area contributed by atoms with Gasteiger partial charge in [0.05, 0.1) is 0 Å². The fourth-order valence-corrected chi connectivity index (χ4v) is 2.49. The fourth-order valence-electron chi connectivity index (χ4n) is 2.49. The lowest BCUT2D eigenvalue weighted by Gasteiger charge is -2.40. The van der Waals surface area contributed by atoms with E-state index >= 15 is 0 Å². The summed E-state index contributed by atoms with van der Waals surface area (Å²) in [6.45, 7) is 10.1. The van der Waals surface area contributed by atoms with Crippen molar-refractivity contribution in [2.75, 3.05) is 19.6 Å². The van der Waals surface area contributed by atoms with E-state index in [1.54, 1.807) is 0 Å². The lowest BCUT2D eigenvalue weighted by molar-refractivity contribution is 0.0991. The first-order valence-electron chi connectivity index (χ1n) is 7.11. The Morgan fingerprint density at radius 2 is 1.94 bits per heavy atom. The van der Waals surface area contributed by atoms with Gasteiger partial charge in [0.25, 0.3) is 0 Å². The molecule has 0 spiro atoms. The van der Waals surface area contributed by atoms with Crippen LogP contribution in [0.25, 0.3) is 0 Å². The molecular formula is C14H30N2. The third-order valence-corrected chi connectivity index (χ3v) is 4.08. The number of hydrogen-bond acceptors (Lipinski definition) is 2. The Labute approximate surface area is 102 Å². The second-order valence-corrected chi connectivity index (χ2v) is 5.64. The molecule has 0 aromatic carbocycles. The van der Waals surface area contributed by atoms with Crippen LogP contribution in [-0.4, -0.2) is 30.1 Å². The molecule has 1 unspecified atom stereocenters. The number of unbranched alkanes of at least 4 members (excludes halogenated alkanes) is 2. The zero-order valence-electron chi connectivity index (χ0n) is 11.5. The summed E-state index contributed by atoms with van der Waals surface area (Å²) in [6, 6.07) is 0. The number of likely N-dealkylation sites (N-methyl/N-ethyl adjacent to an activating group) is 1. The molecule has 0 radical (unpaired) electrons. The van der Waals surface area contributed by atoms with E-state index in [0.29, 0.717) is 0 Å². The van der Waals surface area contributed by atoms with Gasteiger partial charge in [-0.15, -0.1) is 0 Å². The Morgan fingerprint density at radius 1 is 1.25 bits per heavy atom. The van der Waals surface area contributed by atoms with E-state index in [9.17, 15) is 0 Å². The number of rotatable bonds is 9. The average Bonchev–Trinajstić information content (AvgIpc) is 3.09. The van der Waals surface area contributed by atoms with Crippen molar-refractivity contribution in [1.29, 1.82) is 0 Å². The van der Waals surface area contributed by atoms with Crippen LogP contribution in [0.3, 0.4) is 0 Å². The summed E-state index contributed by atoms with van der Waals surface area (Å²) in [5.74, 6) is 0.969. The Hall–Kier alpha value is -0.0800. The molecule has 0 aromatic heterocycles. The molecule has 0 saturated heterocycles. The number of nitrogens with two attached hydrogens (primary N) is 1. The van der Waals surface area contributed by atoms with Crippen molar-refractivity contribution >= 4 is 0 Å². The minimum Gasteiger partial charge on any atom is -0.329 e. The molecular weight excluding hydrogens is 196 g/mol. The summed E-state index contributed by atoms with van der Waals surface area (Å²) in [5.41, 5.74) is 6.26. The standard InChI is InChI=1S/C14H30N2/c1-4-6-7-10-14(3,12-15)16(5-2)11-13-8-9-13/h13H,4-12,15H2,1-3H3. The molecule has 2 nitrogen and oxygen atoms in total. The molecule has 0 aliphatic heterocycles. The van der Waals surface area contributed by atoms with E-state index in [1.807, 2.05) is 0 Å². The summed E-state index contributed by atoms with van der Waals surface area (Å²) < 4.78 is 0. The summed E-state index contributed by atoms with van der Waals surface area (Å²) in [4.78, 5) is 2.63. The smallest absolute Gasteiger partial charge is 0.0303 e. The van der Waals surface area contributed by atoms with Crippen LogP contribution in [0.15, 0.2) is 0 Å². The second kappa shape index (κ2) is 6.61. The highest BCUT2D eigenvalue weighted by Gasteiger charge is 2.33. The molecule has 0 heterocycles. The SMILES string of the molecule is CCCCCC(C)(CN)N(CC)CC1CC1. The van der Waals surface area contributed by atoms with Gasteiger partial charge < -0.3 is 5.73 Å².